The number of hydrogen-bond acceptors (Lipinski definition) is 7. The van der Waals surface area contributed by atoms with Crippen molar-refractivity contribution in [3.05, 3.63) is 53.0 Å². The quantitative estimate of drug-likeness (QED) is 0.450. The number of halogens is 1. The van der Waals surface area contributed by atoms with Crippen LogP contribution >= 0.6 is 27.7 Å². The number of thioether (sulfide) groups is 1. The Kier molecular flexibility index (Phi) is 4.41. The lowest BCUT2D eigenvalue weighted by atomic mass is 10.2. The van der Waals surface area contributed by atoms with Crippen LogP contribution in [0.15, 0.2) is 61.1 Å². The van der Waals surface area contributed by atoms with Crippen molar-refractivity contribution in [2.24, 2.45) is 7.05 Å². The fourth-order valence-electron chi connectivity index (χ4n) is 2.21. The molecule has 0 saturated heterocycles. The van der Waals surface area contributed by atoms with Crippen LogP contribution in [0.25, 0.3) is 23.0 Å². The lowest BCUT2D eigenvalue weighted by Crippen LogP contribution is -1.94. The zero-order valence-corrected chi connectivity index (χ0v) is 15.5. The van der Waals surface area contributed by atoms with Gasteiger partial charge >= 0.3 is 0 Å². The highest BCUT2D eigenvalue weighted by Gasteiger charge is 2.15. The van der Waals surface area contributed by atoms with Gasteiger partial charge in [0.25, 0.3) is 0 Å². The molecule has 0 radical (unpaired) electrons. The summed E-state index contributed by atoms with van der Waals surface area (Å²) in [5.74, 6) is 2.89. The normalized spacial score (nSPS) is 11.1. The first kappa shape index (κ1) is 16.1. The van der Waals surface area contributed by atoms with E-state index in [0.29, 0.717) is 29.1 Å². The van der Waals surface area contributed by atoms with Crippen LogP contribution in [0.4, 0.5) is 0 Å². The molecular formula is C16H12BrN5O2S. The van der Waals surface area contributed by atoms with E-state index in [1.54, 1.807) is 6.26 Å². The van der Waals surface area contributed by atoms with Crippen molar-refractivity contribution in [1.29, 1.82) is 0 Å². The highest BCUT2D eigenvalue weighted by molar-refractivity contribution is 9.10. The van der Waals surface area contributed by atoms with Crippen molar-refractivity contribution in [1.82, 2.24) is 25.0 Å². The van der Waals surface area contributed by atoms with Crippen LogP contribution in [0.2, 0.25) is 0 Å². The second-order valence-corrected chi connectivity index (χ2v) is 7.00. The summed E-state index contributed by atoms with van der Waals surface area (Å²) in [6, 6.07) is 11.4. The Balaban J connectivity index is 1.46. The number of rotatable bonds is 5. The monoisotopic (exact) mass is 417 g/mol. The van der Waals surface area contributed by atoms with Gasteiger partial charge in [-0.25, -0.2) is 0 Å². The Morgan fingerprint density at radius 2 is 1.92 bits per heavy atom. The molecule has 7 nitrogen and oxygen atoms in total. The number of aromatic nitrogens is 5. The number of benzene rings is 1. The maximum Gasteiger partial charge on any atom is 0.247 e. The summed E-state index contributed by atoms with van der Waals surface area (Å²) in [4.78, 5) is 0. The standard InChI is InChI=1S/C16H12BrN5O2S/c1-22-14(12-3-2-8-23-12)19-21-16(22)25-9-13-18-20-15(24-13)10-4-6-11(17)7-5-10/h2-8H,9H2,1H3. The molecule has 1 aromatic carbocycles. The minimum atomic E-state index is 0.498. The summed E-state index contributed by atoms with van der Waals surface area (Å²) < 4.78 is 13.9. The van der Waals surface area contributed by atoms with E-state index in [-0.39, 0.29) is 0 Å². The number of hydrogen-bond donors (Lipinski definition) is 0. The van der Waals surface area contributed by atoms with Gasteiger partial charge in [0.15, 0.2) is 16.7 Å². The Morgan fingerprint density at radius 3 is 2.68 bits per heavy atom. The summed E-state index contributed by atoms with van der Waals surface area (Å²) >= 11 is 4.88. The molecule has 4 aromatic rings. The molecule has 0 aliphatic heterocycles. The summed E-state index contributed by atoms with van der Waals surface area (Å²) in [6.45, 7) is 0. The molecule has 3 aromatic heterocycles. The average molecular weight is 418 g/mol. The van der Waals surface area contributed by atoms with Crippen molar-refractivity contribution in [2.45, 2.75) is 10.9 Å². The molecule has 9 heteroatoms. The second kappa shape index (κ2) is 6.85. The van der Waals surface area contributed by atoms with Gasteiger partial charge in [0.1, 0.15) is 0 Å². The second-order valence-electron chi connectivity index (χ2n) is 5.14. The van der Waals surface area contributed by atoms with E-state index in [2.05, 4.69) is 36.3 Å². The minimum absolute atomic E-state index is 0.498. The van der Waals surface area contributed by atoms with Gasteiger partial charge in [-0.1, -0.05) is 27.7 Å². The molecule has 126 valence electrons. The van der Waals surface area contributed by atoms with E-state index < -0.39 is 0 Å². The van der Waals surface area contributed by atoms with Crippen LogP contribution in [-0.2, 0) is 12.8 Å². The molecule has 0 atom stereocenters. The molecule has 0 spiro atoms. The highest BCUT2D eigenvalue weighted by Crippen LogP contribution is 2.26. The zero-order valence-electron chi connectivity index (χ0n) is 13.1. The fraction of sp³-hybridized carbons (Fsp3) is 0.125. The lowest BCUT2D eigenvalue weighted by Gasteiger charge is -2.00. The smallest absolute Gasteiger partial charge is 0.247 e. The Labute approximate surface area is 155 Å². The first-order valence-electron chi connectivity index (χ1n) is 7.35. The minimum Gasteiger partial charge on any atom is -0.461 e. The van der Waals surface area contributed by atoms with Gasteiger partial charge in [-0.15, -0.1) is 20.4 Å². The number of furan rings is 1. The van der Waals surface area contributed by atoms with Crippen molar-refractivity contribution in [3.8, 4) is 23.0 Å². The van der Waals surface area contributed by atoms with Crippen LogP contribution in [0.1, 0.15) is 5.89 Å². The molecular weight excluding hydrogens is 406 g/mol. The topological polar surface area (TPSA) is 82.8 Å². The van der Waals surface area contributed by atoms with Crippen LogP contribution in [-0.4, -0.2) is 25.0 Å². The summed E-state index contributed by atoms with van der Waals surface area (Å²) in [5, 5.41) is 17.3. The van der Waals surface area contributed by atoms with Gasteiger partial charge in [0, 0.05) is 17.1 Å². The predicted molar refractivity (Wildman–Crippen MR) is 95.7 cm³/mol. The van der Waals surface area contributed by atoms with Crippen LogP contribution in [0.5, 0.6) is 0 Å². The van der Waals surface area contributed by atoms with E-state index >= 15 is 0 Å². The number of nitrogens with zero attached hydrogens (tertiary/aromatic N) is 5. The predicted octanol–water partition coefficient (Wildman–Crippen LogP) is 4.18. The third kappa shape index (κ3) is 3.38. The van der Waals surface area contributed by atoms with Crippen molar-refractivity contribution in [2.75, 3.05) is 0 Å². The van der Waals surface area contributed by atoms with E-state index in [9.17, 15) is 0 Å². The van der Waals surface area contributed by atoms with Gasteiger partial charge in [0.2, 0.25) is 11.8 Å². The van der Waals surface area contributed by atoms with Gasteiger partial charge in [0.05, 0.1) is 12.0 Å². The van der Waals surface area contributed by atoms with Gasteiger partial charge in [-0.3, -0.25) is 0 Å². The molecule has 0 bridgehead atoms. The van der Waals surface area contributed by atoms with E-state index in [0.717, 1.165) is 15.2 Å². The first-order chi connectivity index (χ1) is 12.2. The molecule has 0 N–H and O–H groups in total. The zero-order chi connectivity index (χ0) is 17.2. The Morgan fingerprint density at radius 1 is 1.08 bits per heavy atom. The average Bonchev–Trinajstić information content (AvgIpc) is 3.34. The van der Waals surface area contributed by atoms with E-state index in [1.165, 1.54) is 11.8 Å². The van der Waals surface area contributed by atoms with Crippen LogP contribution in [0.3, 0.4) is 0 Å². The maximum absolute atomic E-state index is 5.72. The molecule has 3 heterocycles. The molecule has 0 aliphatic rings. The third-order valence-corrected chi connectivity index (χ3v) is 4.99. The molecule has 0 unspecified atom stereocenters. The largest absolute Gasteiger partial charge is 0.461 e. The van der Waals surface area contributed by atoms with Crippen molar-refractivity contribution < 1.29 is 8.83 Å². The summed E-state index contributed by atoms with van der Waals surface area (Å²) in [6.07, 6.45) is 1.61. The summed E-state index contributed by atoms with van der Waals surface area (Å²) in [7, 11) is 1.89. The molecule has 4 rings (SSSR count). The van der Waals surface area contributed by atoms with Gasteiger partial charge in [-0.2, -0.15) is 0 Å². The molecule has 0 saturated carbocycles. The van der Waals surface area contributed by atoms with Crippen molar-refractivity contribution in [3.63, 3.8) is 0 Å². The third-order valence-electron chi connectivity index (χ3n) is 3.46. The highest BCUT2D eigenvalue weighted by atomic mass is 79.9. The molecule has 0 aliphatic carbocycles. The van der Waals surface area contributed by atoms with Gasteiger partial charge in [-0.05, 0) is 36.4 Å². The maximum atomic E-state index is 5.72. The van der Waals surface area contributed by atoms with Crippen molar-refractivity contribution >= 4 is 27.7 Å². The van der Waals surface area contributed by atoms with E-state index in [1.807, 2.05) is 48.0 Å². The molecule has 0 amide bonds. The molecule has 25 heavy (non-hydrogen) atoms. The summed E-state index contributed by atoms with van der Waals surface area (Å²) in [5.41, 5.74) is 0.880. The van der Waals surface area contributed by atoms with Gasteiger partial charge < -0.3 is 13.4 Å². The first-order valence-corrected chi connectivity index (χ1v) is 9.13. The van der Waals surface area contributed by atoms with Crippen LogP contribution < -0.4 is 0 Å². The van der Waals surface area contributed by atoms with E-state index in [4.69, 9.17) is 8.83 Å². The van der Waals surface area contributed by atoms with Crippen LogP contribution in [0, 0.1) is 0 Å². The fourth-order valence-corrected chi connectivity index (χ4v) is 3.22. The SMILES string of the molecule is Cn1c(SCc2nnc(-c3ccc(Br)cc3)o2)nnc1-c1ccco1. The Hall–Kier alpha value is -2.39. The Bertz CT molecular complexity index is 979. The molecule has 0 fully saturated rings. The lowest BCUT2D eigenvalue weighted by molar-refractivity contribution is 0.528.